The summed E-state index contributed by atoms with van der Waals surface area (Å²) in [7, 11) is 0. The maximum Gasteiger partial charge on any atom is 0.266 e. The molecule has 0 amide bonds. The van der Waals surface area contributed by atoms with E-state index in [1.165, 1.54) is 16.8 Å². The number of pyridine rings is 1. The SMILES string of the molecule is CC(Nc1nc(N)ncc1C#N)c1nc2cccc(-c3cc[nH]c(=O)c3)c2c(=O)n1-c1ccccc1. The van der Waals surface area contributed by atoms with Crippen LogP contribution in [0.2, 0.25) is 0 Å². The minimum absolute atomic E-state index is 0.0121. The van der Waals surface area contributed by atoms with Gasteiger partial charge in [-0.1, -0.05) is 30.3 Å². The highest BCUT2D eigenvalue weighted by Gasteiger charge is 2.21. The van der Waals surface area contributed by atoms with Crippen LogP contribution < -0.4 is 22.2 Å². The van der Waals surface area contributed by atoms with Crippen LogP contribution in [0.1, 0.15) is 24.4 Å². The number of H-pyrrole nitrogens is 1. The van der Waals surface area contributed by atoms with Crippen molar-refractivity contribution in [2.24, 2.45) is 0 Å². The van der Waals surface area contributed by atoms with E-state index in [9.17, 15) is 14.9 Å². The molecule has 1 unspecified atom stereocenters. The molecule has 0 radical (unpaired) electrons. The molecule has 5 aromatic rings. The van der Waals surface area contributed by atoms with Gasteiger partial charge < -0.3 is 16.0 Å². The monoisotopic (exact) mass is 476 g/mol. The van der Waals surface area contributed by atoms with E-state index in [0.29, 0.717) is 33.5 Å². The molecule has 1 atom stereocenters. The van der Waals surface area contributed by atoms with E-state index >= 15 is 0 Å². The van der Waals surface area contributed by atoms with Gasteiger partial charge in [-0.15, -0.1) is 0 Å². The smallest absolute Gasteiger partial charge is 0.266 e. The first-order valence-electron chi connectivity index (χ1n) is 11.1. The summed E-state index contributed by atoms with van der Waals surface area (Å²) in [6, 6.07) is 19.1. The Morgan fingerprint density at radius 2 is 1.89 bits per heavy atom. The van der Waals surface area contributed by atoms with E-state index in [0.717, 1.165) is 0 Å². The Morgan fingerprint density at radius 1 is 1.08 bits per heavy atom. The van der Waals surface area contributed by atoms with Crippen LogP contribution in [0.15, 0.2) is 82.6 Å². The quantitative estimate of drug-likeness (QED) is 0.349. The number of hydrogen-bond donors (Lipinski definition) is 3. The van der Waals surface area contributed by atoms with E-state index in [-0.39, 0.29) is 28.4 Å². The Bertz CT molecular complexity index is 1750. The molecule has 0 saturated carbocycles. The summed E-state index contributed by atoms with van der Waals surface area (Å²) in [5.41, 5.74) is 7.67. The summed E-state index contributed by atoms with van der Waals surface area (Å²) in [6.45, 7) is 1.81. The van der Waals surface area contributed by atoms with Crippen molar-refractivity contribution in [1.29, 1.82) is 5.26 Å². The zero-order valence-corrected chi connectivity index (χ0v) is 19.1. The molecule has 10 nitrogen and oxygen atoms in total. The lowest BCUT2D eigenvalue weighted by Gasteiger charge is -2.21. The molecular formula is C26H20N8O2. The average Bonchev–Trinajstić information content (AvgIpc) is 2.89. The number of nitrogens with one attached hydrogen (secondary N) is 2. The molecule has 0 aliphatic rings. The van der Waals surface area contributed by atoms with Crippen molar-refractivity contribution in [2.45, 2.75) is 13.0 Å². The third-order valence-corrected chi connectivity index (χ3v) is 5.69. The molecule has 3 heterocycles. The second kappa shape index (κ2) is 9.15. The van der Waals surface area contributed by atoms with E-state index < -0.39 is 6.04 Å². The van der Waals surface area contributed by atoms with E-state index in [4.69, 9.17) is 10.7 Å². The molecule has 0 aliphatic heterocycles. The Morgan fingerprint density at radius 3 is 2.64 bits per heavy atom. The predicted molar refractivity (Wildman–Crippen MR) is 137 cm³/mol. The second-order valence-electron chi connectivity index (χ2n) is 8.06. The van der Waals surface area contributed by atoms with Crippen molar-refractivity contribution in [2.75, 3.05) is 11.1 Å². The van der Waals surface area contributed by atoms with Crippen molar-refractivity contribution < 1.29 is 0 Å². The molecule has 5 rings (SSSR count). The predicted octanol–water partition coefficient (Wildman–Crippen LogP) is 3.16. The minimum atomic E-state index is -0.549. The lowest BCUT2D eigenvalue weighted by Crippen LogP contribution is -2.28. The third-order valence-electron chi connectivity index (χ3n) is 5.69. The largest absolute Gasteiger partial charge is 0.368 e. The Labute approximate surface area is 204 Å². The number of nitrogens with two attached hydrogens (primary N) is 1. The van der Waals surface area contributed by atoms with Gasteiger partial charge in [-0.2, -0.15) is 10.2 Å². The highest BCUT2D eigenvalue weighted by molar-refractivity contribution is 5.94. The summed E-state index contributed by atoms with van der Waals surface area (Å²) >= 11 is 0. The van der Waals surface area contributed by atoms with Crippen LogP contribution in [0.25, 0.3) is 27.7 Å². The van der Waals surface area contributed by atoms with Crippen LogP contribution in [0.5, 0.6) is 0 Å². The molecule has 0 spiro atoms. The molecule has 0 aliphatic carbocycles. The standard InChI is InChI=1S/C26H20N8O2/c1-15(31-23-17(13-27)14-30-26(28)33-23)24-32-20-9-5-8-19(16-10-11-29-21(35)12-16)22(20)25(36)34(24)18-6-3-2-4-7-18/h2-12,14-15H,1H3,(H,29,35)(H3,28,30,31,33). The molecule has 0 fully saturated rings. The van der Waals surface area contributed by atoms with Crippen molar-refractivity contribution in [3.05, 3.63) is 105 Å². The molecule has 4 N–H and O–H groups in total. The summed E-state index contributed by atoms with van der Waals surface area (Å²) in [4.78, 5) is 41.5. The van der Waals surface area contributed by atoms with Crippen LogP contribution in [0.4, 0.5) is 11.8 Å². The molecule has 0 bridgehead atoms. The van der Waals surface area contributed by atoms with Crippen molar-refractivity contribution in [3.63, 3.8) is 0 Å². The summed E-state index contributed by atoms with van der Waals surface area (Å²) in [5, 5.41) is 13.0. The van der Waals surface area contributed by atoms with Crippen molar-refractivity contribution >= 4 is 22.7 Å². The number of fused-ring (bicyclic) bond motifs is 1. The molecule has 3 aromatic heterocycles. The summed E-state index contributed by atoms with van der Waals surface area (Å²) in [5.74, 6) is 0.657. The maximum absolute atomic E-state index is 14.1. The molecular weight excluding hydrogens is 456 g/mol. The zero-order valence-electron chi connectivity index (χ0n) is 19.1. The fourth-order valence-electron chi connectivity index (χ4n) is 4.07. The maximum atomic E-state index is 14.1. The number of nitriles is 1. The molecule has 2 aromatic carbocycles. The van der Waals surface area contributed by atoms with Gasteiger partial charge in [0.05, 0.1) is 28.8 Å². The number of aromatic nitrogens is 5. The molecule has 0 saturated heterocycles. The van der Waals surface area contributed by atoms with Gasteiger partial charge in [-0.25, -0.2) is 9.97 Å². The molecule has 36 heavy (non-hydrogen) atoms. The highest BCUT2D eigenvalue weighted by Crippen LogP contribution is 2.28. The third kappa shape index (κ3) is 4.05. The minimum Gasteiger partial charge on any atom is -0.368 e. The number of para-hydroxylation sites is 1. The normalized spacial score (nSPS) is 11.7. The first-order valence-corrected chi connectivity index (χ1v) is 11.1. The van der Waals surface area contributed by atoms with Gasteiger partial charge in [-0.05, 0) is 42.3 Å². The number of anilines is 2. The van der Waals surface area contributed by atoms with Crippen LogP contribution >= 0.6 is 0 Å². The highest BCUT2D eigenvalue weighted by atomic mass is 16.1. The van der Waals surface area contributed by atoms with Crippen LogP contribution in [-0.2, 0) is 0 Å². The van der Waals surface area contributed by atoms with Gasteiger partial charge in [0.15, 0.2) is 0 Å². The molecule has 10 heteroatoms. The second-order valence-corrected chi connectivity index (χ2v) is 8.06. The van der Waals surface area contributed by atoms with Gasteiger partial charge in [0, 0.05) is 12.3 Å². The van der Waals surface area contributed by atoms with Crippen molar-refractivity contribution in [1.82, 2.24) is 24.5 Å². The van der Waals surface area contributed by atoms with Crippen LogP contribution in [0.3, 0.4) is 0 Å². The van der Waals surface area contributed by atoms with Gasteiger partial charge in [0.25, 0.3) is 5.56 Å². The number of nitrogen functional groups attached to an aromatic ring is 1. The number of nitrogens with zero attached hydrogens (tertiary/aromatic N) is 5. The summed E-state index contributed by atoms with van der Waals surface area (Å²) < 4.78 is 1.52. The van der Waals surface area contributed by atoms with Crippen LogP contribution in [0, 0.1) is 11.3 Å². The first-order chi connectivity index (χ1) is 17.5. The topological polar surface area (TPSA) is 155 Å². The van der Waals surface area contributed by atoms with Gasteiger partial charge >= 0.3 is 0 Å². The van der Waals surface area contributed by atoms with Crippen molar-refractivity contribution in [3.8, 4) is 22.9 Å². The van der Waals surface area contributed by atoms with Crippen LogP contribution in [-0.4, -0.2) is 24.5 Å². The molecule has 176 valence electrons. The Kier molecular flexibility index (Phi) is 5.72. The van der Waals surface area contributed by atoms with E-state index in [2.05, 4.69) is 20.3 Å². The fourth-order valence-corrected chi connectivity index (χ4v) is 4.07. The lowest BCUT2D eigenvalue weighted by atomic mass is 10.0. The Hall–Kier alpha value is -5.30. The van der Waals surface area contributed by atoms with E-state index in [1.807, 2.05) is 43.3 Å². The van der Waals surface area contributed by atoms with E-state index in [1.54, 1.807) is 30.5 Å². The number of rotatable bonds is 5. The Balaban J connectivity index is 1.76. The first kappa shape index (κ1) is 22.5. The number of aromatic amines is 1. The number of benzene rings is 2. The number of hydrogen-bond acceptors (Lipinski definition) is 8. The van der Waals surface area contributed by atoms with Gasteiger partial charge in [0.1, 0.15) is 23.3 Å². The van der Waals surface area contributed by atoms with Gasteiger partial charge in [-0.3, -0.25) is 14.2 Å². The van der Waals surface area contributed by atoms with Gasteiger partial charge in [0.2, 0.25) is 11.5 Å². The fraction of sp³-hybridized carbons (Fsp3) is 0.0769. The average molecular weight is 477 g/mol. The zero-order chi connectivity index (χ0) is 25.2. The lowest BCUT2D eigenvalue weighted by molar-refractivity contribution is 0.731. The summed E-state index contributed by atoms with van der Waals surface area (Å²) in [6.07, 6.45) is 2.88.